The Labute approximate surface area is 171 Å². The van der Waals surface area contributed by atoms with Crippen LogP contribution in [0.4, 0.5) is 11.4 Å². The zero-order valence-corrected chi connectivity index (χ0v) is 17.8. The van der Waals surface area contributed by atoms with Crippen molar-refractivity contribution in [3.63, 3.8) is 0 Å². The Morgan fingerprint density at radius 1 is 1.25 bits per heavy atom. The minimum atomic E-state index is -0.0986. The molecule has 2 N–H and O–H groups in total. The molecular formula is C20H30N6OS. The van der Waals surface area contributed by atoms with Crippen molar-refractivity contribution in [2.24, 2.45) is 0 Å². The van der Waals surface area contributed by atoms with E-state index in [0.29, 0.717) is 4.77 Å². The number of hydrogen-bond acceptors (Lipinski definition) is 5. The van der Waals surface area contributed by atoms with Crippen molar-refractivity contribution in [2.45, 2.75) is 40.2 Å². The first kappa shape index (κ1) is 20.5. The highest BCUT2D eigenvalue weighted by molar-refractivity contribution is 7.71. The van der Waals surface area contributed by atoms with E-state index in [1.807, 2.05) is 12.1 Å². The van der Waals surface area contributed by atoms with Crippen molar-refractivity contribution in [1.29, 1.82) is 0 Å². The molecule has 0 saturated carbocycles. The molecule has 0 aliphatic carbocycles. The first-order valence-electron chi connectivity index (χ1n) is 10.0. The number of carbonyl (C=O) groups excluding carboxylic acids is 1. The number of piperazine rings is 1. The van der Waals surface area contributed by atoms with E-state index in [4.69, 9.17) is 12.2 Å². The summed E-state index contributed by atoms with van der Waals surface area (Å²) in [5, 5.41) is 9.98. The summed E-state index contributed by atoms with van der Waals surface area (Å²) < 4.78 is 2.25. The third-order valence-electron chi connectivity index (χ3n) is 5.25. The molecule has 1 aliphatic heterocycles. The van der Waals surface area contributed by atoms with E-state index in [1.165, 1.54) is 11.3 Å². The minimum Gasteiger partial charge on any atom is -0.369 e. The fourth-order valence-corrected chi connectivity index (χ4v) is 3.88. The lowest BCUT2D eigenvalue weighted by molar-refractivity contribution is -0.116. The summed E-state index contributed by atoms with van der Waals surface area (Å²) in [5.41, 5.74) is 3.23. The SMILES string of the molecule is CCCc1n[nH]c(=S)n1CC(=O)Nc1ccc(N2CCN(CC)CC2)c(C)c1. The topological polar surface area (TPSA) is 69.2 Å². The van der Waals surface area contributed by atoms with Crippen LogP contribution in [0.15, 0.2) is 18.2 Å². The van der Waals surface area contributed by atoms with Gasteiger partial charge < -0.3 is 15.1 Å². The number of carbonyl (C=O) groups is 1. The highest BCUT2D eigenvalue weighted by atomic mass is 32.1. The molecule has 1 aromatic carbocycles. The van der Waals surface area contributed by atoms with Gasteiger partial charge in [0.1, 0.15) is 12.4 Å². The molecule has 1 aromatic heterocycles. The molecule has 0 radical (unpaired) electrons. The molecule has 0 bridgehead atoms. The quantitative estimate of drug-likeness (QED) is 0.697. The first-order valence-corrected chi connectivity index (χ1v) is 10.4. The van der Waals surface area contributed by atoms with Crippen LogP contribution in [0.5, 0.6) is 0 Å². The Hall–Kier alpha value is -2.19. The normalized spacial score (nSPS) is 15.0. The zero-order valence-electron chi connectivity index (χ0n) is 17.0. The van der Waals surface area contributed by atoms with Crippen LogP contribution in [0.3, 0.4) is 0 Å². The molecule has 2 heterocycles. The van der Waals surface area contributed by atoms with E-state index in [0.717, 1.165) is 57.1 Å². The van der Waals surface area contributed by atoms with Gasteiger partial charge in [0.15, 0.2) is 4.77 Å². The van der Waals surface area contributed by atoms with Gasteiger partial charge in [-0.1, -0.05) is 13.8 Å². The first-order chi connectivity index (χ1) is 13.5. The summed E-state index contributed by atoms with van der Waals surface area (Å²) in [7, 11) is 0. The number of aryl methyl sites for hydroxylation is 2. The predicted octanol–water partition coefficient (Wildman–Crippen LogP) is 2.98. The Balaban J connectivity index is 1.64. The Morgan fingerprint density at radius 2 is 2.00 bits per heavy atom. The van der Waals surface area contributed by atoms with Crippen molar-refractivity contribution in [1.82, 2.24) is 19.7 Å². The van der Waals surface area contributed by atoms with Gasteiger partial charge in [-0.2, -0.15) is 5.10 Å². The highest BCUT2D eigenvalue weighted by Crippen LogP contribution is 2.24. The van der Waals surface area contributed by atoms with Gasteiger partial charge >= 0.3 is 0 Å². The lowest BCUT2D eigenvalue weighted by Crippen LogP contribution is -2.46. The molecule has 1 saturated heterocycles. The van der Waals surface area contributed by atoms with E-state index in [-0.39, 0.29) is 12.5 Å². The standard InChI is InChI=1S/C20H30N6OS/c1-4-6-18-22-23-20(28)26(18)14-19(27)21-16-7-8-17(15(3)13-16)25-11-9-24(5-2)10-12-25/h7-8,13H,4-6,9-12,14H2,1-3H3,(H,21,27)(H,23,28). The van der Waals surface area contributed by atoms with Crippen LogP contribution in [-0.4, -0.2) is 58.3 Å². The van der Waals surface area contributed by atoms with E-state index in [9.17, 15) is 4.79 Å². The van der Waals surface area contributed by atoms with Gasteiger partial charge in [0, 0.05) is 44.0 Å². The number of hydrogen-bond donors (Lipinski definition) is 2. The van der Waals surface area contributed by atoms with Crippen LogP contribution in [0.1, 0.15) is 31.7 Å². The molecule has 8 heteroatoms. The molecule has 2 aromatic rings. The van der Waals surface area contributed by atoms with E-state index < -0.39 is 0 Å². The lowest BCUT2D eigenvalue weighted by atomic mass is 10.1. The maximum atomic E-state index is 12.5. The van der Waals surface area contributed by atoms with Gasteiger partial charge in [-0.3, -0.25) is 14.5 Å². The Morgan fingerprint density at radius 3 is 2.64 bits per heavy atom. The number of likely N-dealkylation sites (N-methyl/N-ethyl adjacent to an activating group) is 1. The third kappa shape index (κ3) is 4.80. The number of aromatic nitrogens is 3. The van der Waals surface area contributed by atoms with Gasteiger partial charge in [0.2, 0.25) is 5.91 Å². The maximum absolute atomic E-state index is 12.5. The third-order valence-corrected chi connectivity index (χ3v) is 5.57. The summed E-state index contributed by atoms with van der Waals surface area (Å²) in [6, 6.07) is 6.13. The van der Waals surface area contributed by atoms with Crippen LogP contribution < -0.4 is 10.2 Å². The second-order valence-corrected chi connectivity index (χ2v) is 7.64. The number of nitrogens with zero attached hydrogens (tertiary/aromatic N) is 4. The van der Waals surface area contributed by atoms with Gasteiger partial charge in [-0.15, -0.1) is 0 Å². The van der Waals surface area contributed by atoms with Gasteiger partial charge in [0.25, 0.3) is 0 Å². The fourth-order valence-electron chi connectivity index (χ4n) is 3.66. The molecule has 1 aliphatic rings. The Kier molecular flexibility index (Phi) is 6.85. The van der Waals surface area contributed by atoms with Crippen molar-refractivity contribution >= 4 is 29.5 Å². The largest absolute Gasteiger partial charge is 0.369 e. The highest BCUT2D eigenvalue weighted by Gasteiger charge is 2.17. The van der Waals surface area contributed by atoms with Crippen LogP contribution in [-0.2, 0) is 17.8 Å². The van der Waals surface area contributed by atoms with Gasteiger partial charge in [-0.05, 0) is 55.9 Å². The summed E-state index contributed by atoms with van der Waals surface area (Å²) in [6.07, 6.45) is 1.74. The van der Waals surface area contributed by atoms with Crippen molar-refractivity contribution in [3.05, 3.63) is 34.4 Å². The van der Waals surface area contributed by atoms with Crippen LogP contribution >= 0.6 is 12.2 Å². The van der Waals surface area contributed by atoms with Crippen LogP contribution in [0.2, 0.25) is 0 Å². The second-order valence-electron chi connectivity index (χ2n) is 7.25. The summed E-state index contributed by atoms with van der Waals surface area (Å²) >= 11 is 5.25. The number of H-pyrrole nitrogens is 1. The maximum Gasteiger partial charge on any atom is 0.244 e. The molecule has 152 valence electrons. The molecule has 28 heavy (non-hydrogen) atoms. The molecule has 1 amide bonds. The average molecular weight is 403 g/mol. The Bertz CT molecular complexity index is 866. The summed E-state index contributed by atoms with van der Waals surface area (Å²) in [5.74, 6) is 0.721. The molecule has 0 unspecified atom stereocenters. The minimum absolute atomic E-state index is 0.0986. The average Bonchev–Trinajstić information content (AvgIpc) is 3.02. The summed E-state index contributed by atoms with van der Waals surface area (Å²) in [6.45, 7) is 11.9. The number of aromatic amines is 1. The fraction of sp³-hybridized carbons (Fsp3) is 0.550. The summed E-state index contributed by atoms with van der Waals surface area (Å²) in [4.78, 5) is 17.4. The van der Waals surface area contributed by atoms with E-state index in [2.05, 4.69) is 52.2 Å². The number of rotatable bonds is 7. The lowest BCUT2D eigenvalue weighted by Gasteiger charge is -2.36. The number of anilines is 2. The molecule has 1 fully saturated rings. The number of amides is 1. The number of benzene rings is 1. The molecule has 0 spiro atoms. The molecular weight excluding hydrogens is 372 g/mol. The molecule has 7 nitrogen and oxygen atoms in total. The van der Waals surface area contributed by atoms with Gasteiger partial charge in [-0.25, -0.2) is 0 Å². The van der Waals surface area contributed by atoms with E-state index in [1.54, 1.807) is 4.57 Å². The molecule has 3 rings (SSSR count). The van der Waals surface area contributed by atoms with Crippen LogP contribution in [0.25, 0.3) is 0 Å². The van der Waals surface area contributed by atoms with Crippen molar-refractivity contribution in [2.75, 3.05) is 42.9 Å². The van der Waals surface area contributed by atoms with Gasteiger partial charge in [0.05, 0.1) is 0 Å². The van der Waals surface area contributed by atoms with E-state index >= 15 is 0 Å². The predicted molar refractivity (Wildman–Crippen MR) is 116 cm³/mol. The zero-order chi connectivity index (χ0) is 20.1. The smallest absolute Gasteiger partial charge is 0.244 e. The monoisotopic (exact) mass is 402 g/mol. The second kappa shape index (κ2) is 9.34. The van der Waals surface area contributed by atoms with Crippen molar-refractivity contribution in [3.8, 4) is 0 Å². The number of nitrogens with one attached hydrogen (secondary N) is 2. The van der Waals surface area contributed by atoms with Crippen LogP contribution in [0, 0.1) is 11.7 Å². The van der Waals surface area contributed by atoms with Crippen molar-refractivity contribution < 1.29 is 4.79 Å². The molecule has 0 atom stereocenters.